The van der Waals surface area contributed by atoms with E-state index in [1.54, 1.807) is 4.90 Å². The van der Waals surface area contributed by atoms with Crippen molar-refractivity contribution in [1.82, 2.24) is 9.88 Å². The number of hydrogen-bond donors (Lipinski definition) is 3. The maximum Gasteiger partial charge on any atom is 0.322 e. The molecule has 0 bridgehead atoms. The summed E-state index contributed by atoms with van der Waals surface area (Å²) in [5.74, 6) is 0. The highest BCUT2D eigenvalue weighted by atomic mass is 16.3. The number of aromatic amines is 1. The van der Waals surface area contributed by atoms with Gasteiger partial charge in [0.05, 0.1) is 12.6 Å². The van der Waals surface area contributed by atoms with E-state index < -0.39 is 0 Å². The Morgan fingerprint density at radius 2 is 2.12 bits per heavy atom. The number of amides is 2. The molecule has 1 aliphatic carbocycles. The molecular formula is C20H21N3O2. The van der Waals surface area contributed by atoms with Crippen molar-refractivity contribution in [2.45, 2.75) is 18.9 Å². The molecule has 3 N–H and O–H groups in total. The Kier molecular flexibility index (Phi) is 4.15. The van der Waals surface area contributed by atoms with Crippen LogP contribution in [0.15, 0.2) is 54.7 Å². The van der Waals surface area contributed by atoms with E-state index in [0.29, 0.717) is 6.54 Å². The predicted octanol–water partition coefficient (Wildman–Crippen LogP) is 3.68. The van der Waals surface area contributed by atoms with Crippen molar-refractivity contribution in [3.63, 3.8) is 0 Å². The summed E-state index contributed by atoms with van der Waals surface area (Å²) in [4.78, 5) is 17.8. The molecular weight excluding hydrogens is 314 g/mol. The molecule has 2 amide bonds. The summed E-state index contributed by atoms with van der Waals surface area (Å²) in [5.41, 5.74) is 4.27. The van der Waals surface area contributed by atoms with Crippen LogP contribution in [0, 0.1) is 0 Å². The Labute approximate surface area is 146 Å². The summed E-state index contributed by atoms with van der Waals surface area (Å²) in [5, 5.41) is 13.5. The molecule has 1 aromatic heterocycles. The maximum absolute atomic E-state index is 12.9. The van der Waals surface area contributed by atoms with E-state index in [0.717, 1.165) is 29.4 Å². The molecule has 4 rings (SSSR count). The van der Waals surface area contributed by atoms with Crippen LogP contribution >= 0.6 is 0 Å². The van der Waals surface area contributed by atoms with Gasteiger partial charge in [0.25, 0.3) is 0 Å². The van der Waals surface area contributed by atoms with Gasteiger partial charge in [-0.2, -0.15) is 0 Å². The number of carbonyl (C=O) groups excluding carboxylic acids is 1. The molecule has 0 saturated carbocycles. The van der Waals surface area contributed by atoms with Crippen LogP contribution < -0.4 is 5.32 Å². The third-order valence-corrected chi connectivity index (χ3v) is 4.88. The van der Waals surface area contributed by atoms with E-state index in [1.165, 1.54) is 11.1 Å². The number of fused-ring (bicyclic) bond motifs is 2. The molecule has 5 nitrogen and oxygen atoms in total. The van der Waals surface area contributed by atoms with Gasteiger partial charge in [-0.05, 0) is 48.2 Å². The van der Waals surface area contributed by atoms with E-state index >= 15 is 0 Å². The van der Waals surface area contributed by atoms with Gasteiger partial charge in [0.2, 0.25) is 0 Å². The average molecular weight is 335 g/mol. The number of aliphatic hydroxyl groups is 1. The molecule has 0 saturated heterocycles. The molecule has 3 aromatic rings. The van der Waals surface area contributed by atoms with Gasteiger partial charge < -0.3 is 20.3 Å². The predicted molar refractivity (Wildman–Crippen MR) is 98.6 cm³/mol. The Balaban J connectivity index is 1.57. The van der Waals surface area contributed by atoms with Crippen LogP contribution in [0.2, 0.25) is 0 Å². The number of aliphatic hydroxyl groups excluding tert-OH is 1. The van der Waals surface area contributed by atoms with Gasteiger partial charge in [0.1, 0.15) is 0 Å². The monoisotopic (exact) mass is 335 g/mol. The van der Waals surface area contributed by atoms with Gasteiger partial charge in [-0.1, -0.05) is 24.3 Å². The highest BCUT2D eigenvalue weighted by molar-refractivity contribution is 5.93. The minimum Gasteiger partial charge on any atom is -0.395 e. The van der Waals surface area contributed by atoms with Gasteiger partial charge in [-0.15, -0.1) is 0 Å². The topological polar surface area (TPSA) is 68.4 Å². The number of aryl methyl sites for hydroxylation is 1. The SMILES string of the molecule is O=C(Nc1ccc2[nH]ccc2c1)N(CCO)C1CCc2ccccc21. The molecule has 0 aliphatic heterocycles. The van der Waals surface area contributed by atoms with E-state index in [2.05, 4.69) is 22.4 Å². The first-order valence-corrected chi connectivity index (χ1v) is 8.59. The van der Waals surface area contributed by atoms with Gasteiger partial charge in [-0.3, -0.25) is 0 Å². The number of nitrogens with one attached hydrogen (secondary N) is 2. The van der Waals surface area contributed by atoms with Crippen LogP contribution in [0.5, 0.6) is 0 Å². The van der Waals surface area contributed by atoms with Gasteiger partial charge in [-0.25, -0.2) is 4.79 Å². The molecule has 128 valence electrons. The van der Waals surface area contributed by atoms with Crippen molar-refractivity contribution in [2.24, 2.45) is 0 Å². The summed E-state index contributed by atoms with van der Waals surface area (Å²) in [6.45, 7) is 0.264. The lowest BCUT2D eigenvalue weighted by molar-refractivity contribution is 0.162. The van der Waals surface area contributed by atoms with Gasteiger partial charge >= 0.3 is 6.03 Å². The summed E-state index contributed by atoms with van der Waals surface area (Å²) < 4.78 is 0. The second-order valence-corrected chi connectivity index (χ2v) is 6.38. The Bertz CT molecular complexity index is 903. The van der Waals surface area contributed by atoms with E-state index in [4.69, 9.17) is 0 Å². The first-order valence-electron chi connectivity index (χ1n) is 8.59. The van der Waals surface area contributed by atoms with Crippen molar-refractivity contribution in [2.75, 3.05) is 18.5 Å². The van der Waals surface area contributed by atoms with E-state index in [1.807, 2.05) is 42.6 Å². The number of hydrogen-bond acceptors (Lipinski definition) is 2. The van der Waals surface area contributed by atoms with Crippen molar-refractivity contribution in [3.05, 3.63) is 65.9 Å². The van der Waals surface area contributed by atoms with Crippen LogP contribution in [0.1, 0.15) is 23.6 Å². The summed E-state index contributed by atoms with van der Waals surface area (Å²) in [7, 11) is 0. The fourth-order valence-electron chi connectivity index (χ4n) is 3.69. The quantitative estimate of drug-likeness (QED) is 0.681. The number of carbonyl (C=O) groups is 1. The van der Waals surface area contributed by atoms with Crippen LogP contribution in [0.4, 0.5) is 10.5 Å². The first kappa shape index (κ1) is 15.7. The molecule has 1 atom stereocenters. The fourth-order valence-corrected chi connectivity index (χ4v) is 3.69. The number of H-pyrrole nitrogens is 1. The smallest absolute Gasteiger partial charge is 0.322 e. The third kappa shape index (κ3) is 2.98. The van der Waals surface area contributed by atoms with Gasteiger partial charge in [0, 0.05) is 29.3 Å². The standard InChI is InChI=1S/C20H21N3O2/c24-12-11-23(19-8-5-14-3-1-2-4-17(14)19)20(25)22-16-6-7-18-15(13-16)9-10-21-18/h1-4,6-7,9-10,13,19,21,24H,5,8,11-12H2,(H,22,25). The normalized spacial score (nSPS) is 16.0. The zero-order valence-corrected chi connectivity index (χ0v) is 13.9. The second kappa shape index (κ2) is 6.61. The number of aromatic nitrogens is 1. The second-order valence-electron chi connectivity index (χ2n) is 6.38. The number of benzene rings is 2. The highest BCUT2D eigenvalue weighted by Crippen LogP contribution is 2.35. The van der Waals surface area contributed by atoms with Crippen molar-refractivity contribution < 1.29 is 9.90 Å². The zero-order valence-electron chi connectivity index (χ0n) is 13.9. The van der Waals surface area contributed by atoms with Crippen LogP contribution in [0.3, 0.4) is 0 Å². The maximum atomic E-state index is 12.9. The molecule has 0 spiro atoms. The first-order chi connectivity index (χ1) is 12.3. The molecule has 0 radical (unpaired) electrons. The Morgan fingerprint density at radius 1 is 1.24 bits per heavy atom. The molecule has 1 aliphatic rings. The molecule has 0 fully saturated rings. The van der Waals surface area contributed by atoms with Crippen LogP contribution in [-0.4, -0.2) is 34.2 Å². The summed E-state index contributed by atoms with van der Waals surface area (Å²) >= 11 is 0. The fraction of sp³-hybridized carbons (Fsp3) is 0.250. The highest BCUT2D eigenvalue weighted by Gasteiger charge is 2.30. The van der Waals surface area contributed by atoms with Crippen molar-refractivity contribution in [3.8, 4) is 0 Å². The molecule has 2 aromatic carbocycles. The molecule has 25 heavy (non-hydrogen) atoms. The zero-order chi connectivity index (χ0) is 17.2. The molecule has 5 heteroatoms. The van der Waals surface area contributed by atoms with Crippen molar-refractivity contribution >= 4 is 22.6 Å². The summed E-state index contributed by atoms with van der Waals surface area (Å²) in [6.07, 6.45) is 3.73. The molecule has 1 heterocycles. The van der Waals surface area contributed by atoms with E-state index in [-0.39, 0.29) is 18.7 Å². The Morgan fingerprint density at radius 3 is 3.00 bits per heavy atom. The summed E-state index contributed by atoms with van der Waals surface area (Å²) in [6, 6.07) is 15.8. The number of anilines is 1. The number of rotatable bonds is 4. The minimum absolute atomic E-state index is 0.0133. The van der Waals surface area contributed by atoms with E-state index in [9.17, 15) is 9.90 Å². The lowest BCUT2D eigenvalue weighted by Gasteiger charge is -2.29. The number of urea groups is 1. The lowest BCUT2D eigenvalue weighted by Crippen LogP contribution is -2.39. The average Bonchev–Trinajstić information content (AvgIpc) is 3.26. The minimum atomic E-state index is -0.175. The largest absolute Gasteiger partial charge is 0.395 e. The van der Waals surface area contributed by atoms with Crippen molar-refractivity contribution in [1.29, 1.82) is 0 Å². The molecule has 1 unspecified atom stereocenters. The lowest BCUT2D eigenvalue weighted by atomic mass is 10.1. The van der Waals surface area contributed by atoms with Crippen LogP contribution in [0.25, 0.3) is 10.9 Å². The number of nitrogens with zero attached hydrogens (tertiary/aromatic N) is 1. The van der Waals surface area contributed by atoms with Gasteiger partial charge in [0.15, 0.2) is 0 Å². The van der Waals surface area contributed by atoms with Crippen LogP contribution in [-0.2, 0) is 6.42 Å². The Hall–Kier alpha value is -2.79. The third-order valence-electron chi connectivity index (χ3n) is 4.88.